The van der Waals surface area contributed by atoms with E-state index < -0.39 is 0 Å². The molecule has 0 aliphatic carbocycles. The number of unbranched alkanes of at least 4 members (excludes halogenated alkanes) is 1. The number of nitrogens with one attached hydrogen (secondary N) is 2. The largest absolute Gasteiger partial charge is 0.381 e. The van der Waals surface area contributed by atoms with Crippen molar-refractivity contribution in [3.05, 3.63) is 40.4 Å². The first-order valence-corrected chi connectivity index (χ1v) is 7.57. The van der Waals surface area contributed by atoms with Gasteiger partial charge in [0.15, 0.2) is 0 Å². The molecule has 0 saturated carbocycles. The Labute approximate surface area is 124 Å². The van der Waals surface area contributed by atoms with E-state index in [-0.39, 0.29) is 5.56 Å². The molecule has 114 valence electrons. The summed E-state index contributed by atoms with van der Waals surface area (Å²) >= 11 is 0. The second kappa shape index (κ2) is 8.54. The smallest absolute Gasteiger partial charge is 0.258 e. The second-order valence-electron chi connectivity index (χ2n) is 5.03. The molecule has 0 aliphatic rings. The predicted molar refractivity (Wildman–Crippen MR) is 84.4 cm³/mol. The maximum absolute atomic E-state index is 11.9. The monoisotopic (exact) mass is 289 g/mol. The van der Waals surface area contributed by atoms with Gasteiger partial charge in [0, 0.05) is 13.2 Å². The van der Waals surface area contributed by atoms with Gasteiger partial charge in [-0.05, 0) is 31.5 Å². The molecule has 2 rings (SSSR count). The lowest BCUT2D eigenvalue weighted by molar-refractivity contribution is 0.128. The van der Waals surface area contributed by atoms with E-state index in [1.807, 2.05) is 18.2 Å². The van der Waals surface area contributed by atoms with Crippen molar-refractivity contribution in [2.24, 2.45) is 0 Å². The molecule has 0 amide bonds. The molecule has 1 heterocycles. The molecule has 0 radical (unpaired) electrons. The molecule has 2 N–H and O–H groups in total. The molecule has 0 unspecified atom stereocenters. The fraction of sp³-hybridized carbons (Fsp3) is 0.500. The van der Waals surface area contributed by atoms with Crippen LogP contribution in [0.25, 0.3) is 10.9 Å². The van der Waals surface area contributed by atoms with E-state index in [4.69, 9.17) is 4.74 Å². The summed E-state index contributed by atoms with van der Waals surface area (Å²) in [5.41, 5.74) is 0.654. The van der Waals surface area contributed by atoms with Gasteiger partial charge in [-0.2, -0.15) is 0 Å². The van der Waals surface area contributed by atoms with Crippen molar-refractivity contribution in [3.8, 4) is 0 Å². The van der Waals surface area contributed by atoms with Crippen molar-refractivity contribution in [2.75, 3.05) is 19.8 Å². The maximum Gasteiger partial charge on any atom is 0.258 e. The van der Waals surface area contributed by atoms with Gasteiger partial charge in [-0.15, -0.1) is 0 Å². The number of nitrogens with zero attached hydrogens (tertiary/aromatic N) is 1. The Kier molecular flexibility index (Phi) is 6.37. The molecule has 5 heteroatoms. The van der Waals surface area contributed by atoms with Crippen molar-refractivity contribution in [1.82, 2.24) is 15.3 Å². The normalized spacial score (nSPS) is 11.1. The maximum atomic E-state index is 11.9. The standard InChI is InChI=1S/C16H23N3O2/c1-2-3-10-21-11-6-9-17-12-15-18-14-8-5-4-7-13(14)16(20)19-15/h4-5,7-8,17H,2-3,6,9-12H2,1H3,(H,18,19,20). The van der Waals surface area contributed by atoms with Crippen molar-refractivity contribution in [1.29, 1.82) is 0 Å². The van der Waals surface area contributed by atoms with E-state index in [1.165, 1.54) is 6.42 Å². The Balaban J connectivity index is 1.75. The molecule has 5 nitrogen and oxygen atoms in total. The molecular weight excluding hydrogens is 266 g/mol. The lowest BCUT2D eigenvalue weighted by Crippen LogP contribution is -2.21. The quantitative estimate of drug-likeness (QED) is 0.695. The van der Waals surface area contributed by atoms with E-state index in [0.29, 0.717) is 17.8 Å². The molecule has 0 spiro atoms. The highest BCUT2D eigenvalue weighted by molar-refractivity contribution is 5.77. The number of ether oxygens (including phenoxy) is 1. The first-order chi connectivity index (χ1) is 10.3. The van der Waals surface area contributed by atoms with E-state index in [9.17, 15) is 4.79 Å². The average molecular weight is 289 g/mol. The van der Waals surface area contributed by atoms with Gasteiger partial charge in [0.25, 0.3) is 5.56 Å². The number of aromatic nitrogens is 2. The highest BCUT2D eigenvalue weighted by Crippen LogP contribution is 2.05. The molecule has 0 atom stereocenters. The summed E-state index contributed by atoms with van der Waals surface area (Å²) in [6.07, 6.45) is 3.25. The van der Waals surface area contributed by atoms with Crippen molar-refractivity contribution in [3.63, 3.8) is 0 Å². The Hall–Kier alpha value is -1.72. The Morgan fingerprint density at radius 1 is 1.24 bits per heavy atom. The van der Waals surface area contributed by atoms with Crippen molar-refractivity contribution < 1.29 is 4.74 Å². The van der Waals surface area contributed by atoms with E-state index in [2.05, 4.69) is 22.2 Å². The molecule has 0 aliphatic heterocycles. The molecule has 2 aromatic rings. The van der Waals surface area contributed by atoms with Crippen molar-refractivity contribution >= 4 is 10.9 Å². The molecule has 0 saturated heterocycles. The summed E-state index contributed by atoms with van der Waals surface area (Å²) in [4.78, 5) is 19.1. The van der Waals surface area contributed by atoms with Gasteiger partial charge in [-0.1, -0.05) is 25.5 Å². The fourth-order valence-electron chi connectivity index (χ4n) is 2.07. The number of H-pyrrole nitrogens is 1. The minimum Gasteiger partial charge on any atom is -0.381 e. The Bertz CT molecular complexity index is 610. The summed E-state index contributed by atoms with van der Waals surface area (Å²) in [6, 6.07) is 7.37. The topological polar surface area (TPSA) is 67.0 Å². The van der Waals surface area contributed by atoms with Crippen LogP contribution in [0.2, 0.25) is 0 Å². The van der Waals surface area contributed by atoms with E-state index >= 15 is 0 Å². The lowest BCUT2D eigenvalue weighted by Gasteiger charge is -2.06. The van der Waals surface area contributed by atoms with Crippen LogP contribution in [0, 0.1) is 0 Å². The van der Waals surface area contributed by atoms with Crippen molar-refractivity contribution in [2.45, 2.75) is 32.7 Å². The van der Waals surface area contributed by atoms with Gasteiger partial charge in [0.2, 0.25) is 0 Å². The second-order valence-corrected chi connectivity index (χ2v) is 5.03. The minimum absolute atomic E-state index is 0.0831. The summed E-state index contributed by atoms with van der Waals surface area (Å²) in [6.45, 7) is 5.19. The zero-order valence-electron chi connectivity index (χ0n) is 12.5. The molecule has 1 aromatic carbocycles. The van der Waals surface area contributed by atoms with Crippen LogP contribution in [0.3, 0.4) is 0 Å². The highest BCUT2D eigenvalue weighted by Gasteiger charge is 2.02. The predicted octanol–water partition coefficient (Wildman–Crippen LogP) is 2.22. The Morgan fingerprint density at radius 2 is 2.05 bits per heavy atom. The van der Waals surface area contributed by atoms with E-state index in [0.717, 1.165) is 38.1 Å². The number of hydrogen-bond donors (Lipinski definition) is 2. The van der Waals surface area contributed by atoms with Gasteiger partial charge >= 0.3 is 0 Å². The van der Waals surface area contributed by atoms with Crippen LogP contribution >= 0.6 is 0 Å². The molecule has 0 bridgehead atoms. The minimum atomic E-state index is -0.0831. The van der Waals surface area contributed by atoms with Gasteiger partial charge < -0.3 is 15.0 Å². The molecule has 1 aromatic heterocycles. The zero-order valence-corrected chi connectivity index (χ0v) is 12.5. The number of fused-ring (bicyclic) bond motifs is 1. The van der Waals surface area contributed by atoms with Crippen LogP contribution in [0.4, 0.5) is 0 Å². The molecular formula is C16H23N3O2. The number of aromatic amines is 1. The van der Waals surface area contributed by atoms with Crippen LogP contribution in [0.1, 0.15) is 32.0 Å². The third-order valence-corrected chi connectivity index (χ3v) is 3.24. The SMILES string of the molecule is CCCCOCCCNCc1nc2ccccc2c(=O)[nH]1. The van der Waals surface area contributed by atoms with Crippen LogP contribution in [0.5, 0.6) is 0 Å². The summed E-state index contributed by atoms with van der Waals surface area (Å²) in [5, 5.41) is 3.90. The first-order valence-electron chi connectivity index (χ1n) is 7.57. The average Bonchev–Trinajstić information content (AvgIpc) is 2.50. The summed E-state index contributed by atoms with van der Waals surface area (Å²) in [7, 11) is 0. The van der Waals surface area contributed by atoms with Crippen LogP contribution in [0.15, 0.2) is 29.1 Å². The molecule has 21 heavy (non-hydrogen) atoms. The first kappa shape index (κ1) is 15.7. The van der Waals surface area contributed by atoms with E-state index in [1.54, 1.807) is 6.07 Å². The van der Waals surface area contributed by atoms with Gasteiger partial charge in [0.05, 0.1) is 17.4 Å². The summed E-state index contributed by atoms with van der Waals surface area (Å²) in [5.74, 6) is 0.672. The molecule has 0 fully saturated rings. The van der Waals surface area contributed by atoms with Crippen LogP contribution in [-0.2, 0) is 11.3 Å². The number of para-hydroxylation sites is 1. The van der Waals surface area contributed by atoms with Crippen LogP contribution < -0.4 is 10.9 Å². The fourth-order valence-corrected chi connectivity index (χ4v) is 2.07. The van der Waals surface area contributed by atoms with Crippen LogP contribution in [-0.4, -0.2) is 29.7 Å². The highest BCUT2D eigenvalue weighted by atomic mass is 16.5. The van der Waals surface area contributed by atoms with Gasteiger partial charge in [-0.3, -0.25) is 4.79 Å². The Morgan fingerprint density at radius 3 is 2.90 bits per heavy atom. The number of benzene rings is 1. The van der Waals surface area contributed by atoms with Gasteiger partial charge in [-0.25, -0.2) is 4.98 Å². The third-order valence-electron chi connectivity index (χ3n) is 3.24. The summed E-state index contributed by atoms with van der Waals surface area (Å²) < 4.78 is 5.49. The lowest BCUT2D eigenvalue weighted by atomic mass is 10.2. The number of hydrogen-bond acceptors (Lipinski definition) is 4. The number of rotatable bonds is 9. The zero-order chi connectivity index (χ0) is 14.9. The third kappa shape index (κ3) is 4.95. The van der Waals surface area contributed by atoms with Gasteiger partial charge in [0.1, 0.15) is 5.82 Å².